The average Bonchev–Trinajstić information content (AvgIpc) is 2.74. The Hall–Kier alpha value is -2.08. The van der Waals surface area contributed by atoms with Gasteiger partial charge in [-0.3, -0.25) is 9.69 Å². The Bertz CT molecular complexity index is 733. The zero-order valence-electron chi connectivity index (χ0n) is 16.6. The van der Waals surface area contributed by atoms with E-state index in [9.17, 15) is 14.7 Å². The maximum Gasteiger partial charge on any atom is 0.325 e. The largest absolute Gasteiger partial charge is 0.491 e. The van der Waals surface area contributed by atoms with E-state index in [2.05, 4.69) is 26.1 Å². The monoisotopic (exact) mass is 374 g/mol. The zero-order valence-corrected chi connectivity index (χ0v) is 16.6. The number of hydrogen-bond acceptors (Lipinski definition) is 4. The number of ether oxygens (including phenoxy) is 1. The van der Waals surface area contributed by atoms with Crippen molar-refractivity contribution in [3.05, 3.63) is 29.8 Å². The van der Waals surface area contributed by atoms with Gasteiger partial charge in [0.1, 0.15) is 24.0 Å². The summed E-state index contributed by atoms with van der Waals surface area (Å²) in [6, 6.07) is 7.11. The molecule has 2 fully saturated rings. The van der Waals surface area contributed by atoms with E-state index in [4.69, 9.17) is 4.74 Å². The third-order valence-electron chi connectivity index (χ3n) is 5.45. The van der Waals surface area contributed by atoms with Crippen LogP contribution >= 0.6 is 0 Å². The van der Waals surface area contributed by atoms with Crippen molar-refractivity contribution in [1.82, 2.24) is 10.2 Å². The normalized spacial score (nSPS) is 28.3. The molecule has 3 amide bonds. The molecule has 27 heavy (non-hydrogen) atoms. The number of aryl methyl sites for hydroxylation is 1. The summed E-state index contributed by atoms with van der Waals surface area (Å²) in [4.78, 5) is 26.7. The summed E-state index contributed by atoms with van der Waals surface area (Å²) in [5, 5.41) is 13.2. The van der Waals surface area contributed by atoms with Crippen LogP contribution in [0.25, 0.3) is 0 Å². The smallest absolute Gasteiger partial charge is 0.325 e. The number of imide groups is 1. The van der Waals surface area contributed by atoms with Crippen molar-refractivity contribution in [3.8, 4) is 5.75 Å². The van der Waals surface area contributed by atoms with Gasteiger partial charge in [0.25, 0.3) is 5.91 Å². The molecule has 0 radical (unpaired) electrons. The number of β-amino-alcohol motifs (C(OH)–C–C–N with tert-alkyl or cyclic N) is 1. The van der Waals surface area contributed by atoms with Crippen LogP contribution in [0.15, 0.2) is 24.3 Å². The second-order valence-corrected chi connectivity index (χ2v) is 9.06. The number of aliphatic hydroxyl groups excluding tert-OH is 1. The predicted molar refractivity (Wildman–Crippen MR) is 102 cm³/mol. The number of hydrogen-bond donors (Lipinski definition) is 2. The molecular formula is C21H30N2O4. The molecule has 1 aromatic rings. The van der Waals surface area contributed by atoms with Crippen LogP contribution in [0.3, 0.4) is 0 Å². The number of urea groups is 1. The maximum absolute atomic E-state index is 13.1. The summed E-state index contributed by atoms with van der Waals surface area (Å²) in [5.41, 5.74) is 0.214. The number of carbonyl (C=O) groups is 2. The van der Waals surface area contributed by atoms with E-state index < -0.39 is 17.7 Å². The first-order valence-corrected chi connectivity index (χ1v) is 9.62. The Kier molecular flexibility index (Phi) is 5.21. The molecule has 6 heteroatoms. The third kappa shape index (κ3) is 4.26. The number of aliphatic hydroxyl groups is 1. The molecule has 1 spiro atoms. The van der Waals surface area contributed by atoms with Gasteiger partial charge in [0.05, 0.1) is 6.54 Å². The maximum atomic E-state index is 13.1. The fraction of sp³-hybridized carbons (Fsp3) is 0.619. The standard InChI is InChI=1S/C21H30N2O4/c1-14-6-5-7-17(8-14)27-12-16(24)11-23-18(25)21(22-19(23)26)10-15(2)9-20(3,4)13-21/h5-8,15-16,24H,9-13H2,1-4H3,(H,22,26)/t15-,16-,21+/m1/s1. The lowest BCUT2D eigenvalue weighted by atomic mass is 9.64. The fourth-order valence-corrected chi connectivity index (χ4v) is 4.83. The molecule has 3 atom stereocenters. The van der Waals surface area contributed by atoms with E-state index >= 15 is 0 Å². The number of amides is 3. The van der Waals surface area contributed by atoms with Crippen molar-refractivity contribution in [3.63, 3.8) is 0 Å². The summed E-state index contributed by atoms with van der Waals surface area (Å²) in [7, 11) is 0. The highest BCUT2D eigenvalue weighted by Gasteiger charge is 2.56. The summed E-state index contributed by atoms with van der Waals surface area (Å²) in [6.07, 6.45) is 1.36. The molecule has 3 rings (SSSR count). The van der Waals surface area contributed by atoms with E-state index in [0.29, 0.717) is 24.5 Å². The Morgan fingerprint density at radius 3 is 2.74 bits per heavy atom. The van der Waals surface area contributed by atoms with Crippen molar-refractivity contribution in [2.24, 2.45) is 11.3 Å². The highest BCUT2D eigenvalue weighted by Crippen LogP contribution is 2.46. The molecule has 6 nitrogen and oxygen atoms in total. The second kappa shape index (κ2) is 7.15. The van der Waals surface area contributed by atoms with Gasteiger partial charge in [-0.2, -0.15) is 0 Å². The number of rotatable bonds is 5. The number of nitrogens with one attached hydrogen (secondary N) is 1. The number of carbonyl (C=O) groups excluding carboxylic acids is 2. The van der Waals surface area contributed by atoms with Gasteiger partial charge in [0.2, 0.25) is 0 Å². The minimum absolute atomic E-state index is 0.0104. The van der Waals surface area contributed by atoms with Gasteiger partial charge in [0.15, 0.2) is 0 Å². The molecule has 0 unspecified atom stereocenters. The first kappa shape index (κ1) is 19.7. The summed E-state index contributed by atoms with van der Waals surface area (Å²) >= 11 is 0. The highest BCUT2D eigenvalue weighted by molar-refractivity contribution is 6.07. The highest BCUT2D eigenvalue weighted by atomic mass is 16.5. The minimum Gasteiger partial charge on any atom is -0.491 e. The van der Waals surface area contributed by atoms with Crippen LogP contribution in [0, 0.1) is 18.3 Å². The van der Waals surface area contributed by atoms with Gasteiger partial charge >= 0.3 is 6.03 Å². The molecule has 1 aromatic carbocycles. The summed E-state index contributed by atoms with van der Waals surface area (Å²) in [6.45, 7) is 8.31. The second-order valence-electron chi connectivity index (χ2n) is 9.06. The predicted octanol–water partition coefficient (Wildman–Crippen LogP) is 2.87. The van der Waals surface area contributed by atoms with Gasteiger partial charge in [0, 0.05) is 0 Å². The summed E-state index contributed by atoms with van der Waals surface area (Å²) < 4.78 is 5.60. The SMILES string of the molecule is Cc1cccc(OC[C@H](O)CN2C(=O)N[C@]3(C[C@H](C)CC(C)(C)C3)C2=O)c1. The van der Waals surface area contributed by atoms with E-state index in [1.807, 2.05) is 31.2 Å². The van der Waals surface area contributed by atoms with E-state index in [-0.39, 0.29) is 24.5 Å². The summed E-state index contributed by atoms with van der Waals surface area (Å²) in [5.74, 6) is 0.792. The topological polar surface area (TPSA) is 78.9 Å². The van der Waals surface area contributed by atoms with Crippen LogP contribution in [-0.4, -0.2) is 46.7 Å². The molecule has 2 N–H and O–H groups in total. The van der Waals surface area contributed by atoms with E-state index in [0.717, 1.165) is 16.9 Å². The Labute approximate surface area is 160 Å². The number of nitrogens with zero attached hydrogens (tertiary/aromatic N) is 1. The molecule has 2 aliphatic rings. The average molecular weight is 374 g/mol. The van der Waals surface area contributed by atoms with Crippen molar-refractivity contribution in [2.75, 3.05) is 13.2 Å². The Balaban J connectivity index is 1.63. The Morgan fingerprint density at radius 2 is 2.07 bits per heavy atom. The van der Waals surface area contributed by atoms with Crippen LogP contribution in [0.4, 0.5) is 4.79 Å². The zero-order chi connectivity index (χ0) is 19.8. The molecular weight excluding hydrogens is 344 g/mol. The lowest BCUT2D eigenvalue weighted by molar-refractivity contribution is -0.135. The molecule has 148 valence electrons. The van der Waals surface area contributed by atoms with Crippen molar-refractivity contribution < 1.29 is 19.4 Å². The minimum atomic E-state index is -0.940. The van der Waals surface area contributed by atoms with Gasteiger partial charge in [-0.15, -0.1) is 0 Å². The quantitative estimate of drug-likeness (QED) is 0.777. The van der Waals surface area contributed by atoms with Gasteiger partial charge in [-0.05, 0) is 55.2 Å². The van der Waals surface area contributed by atoms with E-state index in [1.165, 1.54) is 0 Å². The van der Waals surface area contributed by atoms with Crippen LogP contribution < -0.4 is 10.1 Å². The van der Waals surface area contributed by atoms with Crippen molar-refractivity contribution in [1.29, 1.82) is 0 Å². The lowest BCUT2D eigenvalue weighted by Crippen LogP contribution is -2.54. The van der Waals surface area contributed by atoms with Crippen molar-refractivity contribution in [2.45, 2.75) is 58.6 Å². The molecule has 1 aliphatic heterocycles. The Morgan fingerprint density at radius 1 is 1.33 bits per heavy atom. The molecule has 1 aliphatic carbocycles. The van der Waals surface area contributed by atoms with Crippen LogP contribution in [-0.2, 0) is 4.79 Å². The van der Waals surface area contributed by atoms with E-state index in [1.54, 1.807) is 0 Å². The lowest BCUT2D eigenvalue weighted by Gasteiger charge is -2.43. The van der Waals surface area contributed by atoms with Crippen LogP contribution in [0.5, 0.6) is 5.75 Å². The van der Waals surface area contributed by atoms with Crippen LogP contribution in [0.1, 0.15) is 45.6 Å². The first-order chi connectivity index (χ1) is 12.6. The fourth-order valence-electron chi connectivity index (χ4n) is 4.83. The first-order valence-electron chi connectivity index (χ1n) is 9.62. The molecule has 0 bridgehead atoms. The van der Waals surface area contributed by atoms with Crippen LogP contribution in [0.2, 0.25) is 0 Å². The molecule has 1 saturated heterocycles. The third-order valence-corrected chi connectivity index (χ3v) is 5.45. The number of benzene rings is 1. The molecule has 1 heterocycles. The van der Waals surface area contributed by atoms with Gasteiger partial charge in [-0.1, -0.05) is 32.9 Å². The molecule has 1 saturated carbocycles. The van der Waals surface area contributed by atoms with Crippen molar-refractivity contribution >= 4 is 11.9 Å². The molecule has 0 aromatic heterocycles. The van der Waals surface area contributed by atoms with Gasteiger partial charge in [-0.25, -0.2) is 4.79 Å². The van der Waals surface area contributed by atoms with Gasteiger partial charge < -0.3 is 15.2 Å².